The van der Waals surface area contributed by atoms with E-state index < -0.39 is 34.3 Å². The maximum atomic E-state index is 12.7. The van der Waals surface area contributed by atoms with Crippen LogP contribution in [0.3, 0.4) is 0 Å². The smallest absolute Gasteiger partial charge is 0.349 e. The van der Waals surface area contributed by atoms with Crippen LogP contribution in [-0.2, 0) is 11.0 Å². The van der Waals surface area contributed by atoms with Crippen molar-refractivity contribution in [3.05, 3.63) is 68.7 Å². The minimum absolute atomic E-state index is 0.0199. The van der Waals surface area contributed by atoms with E-state index in [1.807, 2.05) is 0 Å². The predicted molar refractivity (Wildman–Crippen MR) is 96.8 cm³/mol. The Morgan fingerprint density at radius 2 is 1.96 bits per heavy atom. The van der Waals surface area contributed by atoms with Gasteiger partial charge in [0.2, 0.25) is 5.91 Å². The molecule has 2 aromatic carbocycles. The van der Waals surface area contributed by atoms with E-state index in [-0.39, 0.29) is 10.6 Å². The Kier molecular flexibility index (Phi) is 6.72. The molecule has 0 fully saturated rings. The van der Waals surface area contributed by atoms with Crippen LogP contribution in [0.25, 0.3) is 0 Å². The highest BCUT2D eigenvalue weighted by Crippen LogP contribution is 2.36. The van der Waals surface area contributed by atoms with Crippen molar-refractivity contribution in [2.24, 2.45) is 0 Å². The van der Waals surface area contributed by atoms with Crippen LogP contribution in [0.5, 0.6) is 0 Å². The van der Waals surface area contributed by atoms with E-state index in [9.17, 15) is 28.1 Å². The third-order valence-electron chi connectivity index (χ3n) is 3.59. The number of hydrogen-bond donors (Lipinski definition) is 1. The molecule has 0 saturated heterocycles. The van der Waals surface area contributed by atoms with Gasteiger partial charge in [0.15, 0.2) is 0 Å². The first-order chi connectivity index (χ1) is 12.6. The van der Waals surface area contributed by atoms with Crippen LogP contribution in [0.2, 0.25) is 5.02 Å². The highest BCUT2D eigenvalue weighted by Gasteiger charge is 2.33. The highest BCUT2D eigenvalue weighted by molar-refractivity contribution is 8.00. The Bertz CT molecular complexity index is 862. The van der Waals surface area contributed by atoms with E-state index in [4.69, 9.17) is 11.6 Å². The molecule has 0 radical (unpaired) electrons. The van der Waals surface area contributed by atoms with Crippen LogP contribution in [0.1, 0.15) is 24.1 Å². The van der Waals surface area contributed by atoms with Gasteiger partial charge in [0, 0.05) is 11.1 Å². The average molecular weight is 419 g/mol. The van der Waals surface area contributed by atoms with Gasteiger partial charge >= 0.3 is 6.18 Å². The summed E-state index contributed by atoms with van der Waals surface area (Å²) in [5.41, 5.74) is -1.10. The molecule has 2 rings (SSSR count). The lowest BCUT2D eigenvalue weighted by molar-refractivity contribution is -0.388. The lowest BCUT2D eigenvalue weighted by Gasteiger charge is -2.15. The molecule has 2 aromatic rings. The number of thioether (sulfide) groups is 1. The molecule has 1 N–H and O–H groups in total. The van der Waals surface area contributed by atoms with Crippen molar-refractivity contribution >= 4 is 35.0 Å². The molecule has 0 spiro atoms. The predicted octanol–water partition coefficient (Wildman–Crippen LogP) is 5.24. The Morgan fingerprint density at radius 3 is 2.56 bits per heavy atom. The maximum Gasteiger partial charge on any atom is 0.416 e. The summed E-state index contributed by atoms with van der Waals surface area (Å²) in [6, 6.07) is 8.77. The Morgan fingerprint density at radius 1 is 1.30 bits per heavy atom. The average Bonchev–Trinajstić information content (AvgIpc) is 2.59. The van der Waals surface area contributed by atoms with Crippen LogP contribution in [0.4, 0.5) is 18.9 Å². The van der Waals surface area contributed by atoms with Gasteiger partial charge in [-0.15, -0.1) is 11.8 Å². The molecule has 144 valence electrons. The number of nitro groups is 1. The van der Waals surface area contributed by atoms with E-state index in [1.165, 1.54) is 0 Å². The summed E-state index contributed by atoms with van der Waals surface area (Å²) in [6.45, 7) is 1.73. The molecule has 0 bridgehead atoms. The fourth-order valence-electron chi connectivity index (χ4n) is 2.29. The van der Waals surface area contributed by atoms with Gasteiger partial charge in [-0.25, -0.2) is 0 Å². The van der Waals surface area contributed by atoms with Crippen molar-refractivity contribution < 1.29 is 22.9 Å². The first-order valence-electron chi connectivity index (χ1n) is 7.62. The second kappa shape index (κ2) is 8.62. The fraction of sp³-hybridized carbons (Fsp3) is 0.235. The first-order valence-corrected chi connectivity index (χ1v) is 8.98. The normalized spacial score (nSPS) is 12.5. The van der Waals surface area contributed by atoms with E-state index >= 15 is 0 Å². The number of nitrogens with zero attached hydrogens (tertiary/aromatic N) is 1. The van der Waals surface area contributed by atoms with Crippen molar-refractivity contribution in [1.82, 2.24) is 5.32 Å². The van der Waals surface area contributed by atoms with E-state index in [0.29, 0.717) is 16.7 Å². The number of nitro benzene ring substituents is 1. The topological polar surface area (TPSA) is 72.2 Å². The van der Waals surface area contributed by atoms with Crippen molar-refractivity contribution in [3.8, 4) is 0 Å². The number of carbonyl (C=O) groups excluding carboxylic acids is 1. The zero-order valence-corrected chi connectivity index (χ0v) is 15.5. The van der Waals surface area contributed by atoms with Crippen LogP contribution >= 0.6 is 23.4 Å². The molecule has 1 atom stereocenters. The third kappa shape index (κ3) is 5.61. The molecular weight excluding hydrogens is 405 g/mol. The zero-order valence-electron chi connectivity index (χ0n) is 13.9. The highest BCUT2D eigenvalue weighted by atomic mass is 35.5. The molecule has 0 saturated carbocycles. The Balaban J connectivity index is 2.06. The van der Waals surface area contributed by atoms with E-state index in [0.717, 1.165) is 23.9 Å². The SMILES string of the molecule is CC(NC(=O)CSc1ccc(C(F)(F)F)cc1[N+](=O)[O-])c1ccccc1Cl. The fourth-order valence-corrected chi connectivity index (χ4v) is 3.40. The maximum absolute atomic E-state index is 12.7. The summed E-state index contributed by atoms with van der Waals surface area (Å²) in [5, 5.41) is 14.2. The molecule has 5 nitrogen and oxygen atoms in total. The number of amides is 1. The summed E-state index contributed by atoms with van der Waals surface area (Å²) in [7, 11) is 0. The number of hydrogen-bond acceptors (Lipinski definition) is 4. The molecule has 1 amide bonds. The third-order valence-corrected chi connectivity index (χ3v) is 5.00. The summed E-state index contributed by atoms with van der Waals surface area (Å²) in [6.07, 6.45) is -4.68. The van der Waals surface area contributed by atoms with Crippen molar-refractivity contribution in [2.75, 3.05) is 5.75 Å². The second-order valence-electron chi connectivity index (χ2n) is 5.54. The van der Waals surface area contributed by atoms with Gasteiger partial charge in [0.25, 0.3) is 5.69 Å². The van der Waals surface area contributed by atoms with Gasteiger partial charge < -0.3 is 5.32 Å². The molecule has 0 aromatic heterocycles. The van der Waals surface area contributed by atoms with Gasteiger partial charge in [0.05, 0.1) is 27.2 Å². The lowest BCUT2D eigenvalue weighted by Crippen LogP contribution is -2.28. The minimum atomic E-state index is -4.68. The van der Waals surface area contributed by atoms with Gasteiger partial charge in [0.1, 0.15) is 0 Å². The molecule has 10 heteroatoms. The molecule has 0 aliphatic rings. The van der Waals surface area contributed by atoms with E-state index in [2.05, 4.69) is 5.32 Å². The summed E-state index contributed by atoms with van der Waals surface area (Å²) in [5.74, 6) is -0.623. The van der Waals surface area contributed by atoms with Gasteiger partial charge in [-0.1, -0.05) is 29.8 Å². The number of benzene rings is 2. The van der Waals surface area contributed by atoms with Crippen LogP contribution in [0, 0.1) is 10.1 Å². The summed E-state index contributed by atoms with van der Waals surface area (Å²) >= 11 is 6.85. The first kappa shape index (κ1) is 21.0. The number of alkyl halides is 3. The largest absolute Gasteiger partial charge is 0.416 e. The van der Waals surface area contributed by atoms with Gasteiger partial charge in [-0.3, -0.25) is 14.9 Å². The number of rotatable bonds is 6. The standard InChI is InChI=1S/C17H14ClF3N2O3S/c1-10(12-4-2-3-5-13(12)18)22-16(24)9-27-15-7-6-11(17(19,20)21)8-14(15)23(25)26/h2-8,10H,9H2,1H3,(H,22,24). The van der Waals surface area contributed by atoms with Crippen LogP contribution in [-0.4, -0.2) is 16.6 Å². The number of nitrogens with one attached hydrogen (secondary N) is 1. The number of halogens is 4. The summed E-state index contributed by atoms with van der Waals surface area (Å²) < 4.78 is 38.1. The second-order valence-corrected chi connectivity index (χ2v) is 6.96. The Hall–Kier alpha value is -2.26. The minimum Gasteiger partial charge on any atom is -0.349 e. The molecular formula is C17H14ClF3N2O3S. The van der Waals surface area contributed by atoms with Crippen molar-refractivity contribution in [1.29, 1.82) is 0 Å². The van der Waals surface area contributed by atoms with Crippen molar-refractivity contribution in [2.45, 2.75) is 24.0 Å². The molecule has 0 aliphatic heterocycles. The molecule has 1 unspecified atom stereocenters. The molecule has 27 heavy (non-hydrogen) atoms. The zero-order chi connectivity index (χ0) is 20.2. The quantitative estimate of drug-likeness (QED) is 0.395. The van der Waals surface area contributed by atoms with Gasteiger partial charge in [-0.05, 0) is 30.7 Å². The van der Waals surface area contributed by atoms with Crippen LogP contribution < -0.4 is 5.32 Å². The Labute approximate surface area is 162 Å². The molecule has 0 heterocycles. The monoisotopic (exact) mass is 418 g/mol. The van der Waals surface area contributed by atoms with Crippen LogP contribution in [0.15, 0.2) is 47.4 Å². The van der Waals surface area contributed by atoms with Gasteiger partial charge in [-0.2, -0.15) is 13.2 Å². The van der Waals surface area contributed by atoms with Crippen molar-refractivity contribution in [3.63, 3.8) is 0 Å². The van der Waals surface area contributed by atoms with E-state index in [1.54, 1.807) is 31.2 Å². The lowest BCUT2D eigenvalue weighted by atomic mass is 10.1. The molecule has 0 aliphatic carbocycles. The summed E-state index contributed by atoms with van der Waals surface area (Å²) in [4.78, 5) is 22.2. The number of carbonyl (C=O) groups is 1.